The Morgan fingerprint density at radius 3 is 2.62 bits per heavy atom. The van der Waals surface area contributed by atoms with Crippen LogP contribution >= 0.6 is 11.6 Å². The highest BCUT2D eigenvalue weighted by molar-refractivity contribution is 6.28. The van der Waals surface area contributed by atoms with Crippen molar-refractivity contribution in [1.82, 2.24) is 19.9 Å². The van der Waals surface area contributed by atoms with Crippen molar-refractivity contribution < 1.29 is 9.13 Å². The van der Waals surface area contributed by atoms with Crippen molar-refractivity contribution in [3.8, 4) is 34.1 Å². The summed E-state index contributed by atoms with van der Waals surface area (Å²) < 4.78 is 20.2. The van der Waals surface area contributed by atoms with E-state index in [-0.39, 0.29) is 17.0 Å². The van der Waals surface area contributed by atoms with Gasteiger partial charge in [0.1, 0.15) is 0 Å². The fourth-order valence-corrected chi connectivity index (χ4v) is 2.94. The first-order valence-corrected chi connectivity index (χ1v) is 9.03. The first-order valence-electron chi connectivity index (χ1n) is 8.65. The Balaban J connectivity index is 1.73. The maximum Gasteiger partial charge on any atom is 0.322 e. The topological polar surface area (TPSA) is 86.8 Å². The van der Waals surface area contributed by atoms with Gasteiger partial charge in [-0.1, -0.05) is 18.2 Å². The Morgan fingerprint density at radius 1 is 1.00 bits per heavy atom. The van der Waals surface area contributed by atoms with Crippen molar-refractivity contribution in [2.45, 2.75) is 6.92 Å². The van der Waals surface area contributed by atoms with Gasteiger partial charge in [-0.15, -0.1) is 0 Å². The van der Waals surface area contributed by atoms with E-state index in [0.29, 0.717) is 22.5 Å². The smallest absolute Gasteiger partial charge is 0.322 e. The maximum absolute atomic E-state index is 14.7. The summed E-state index contributed by atoms with van der Waals surface area (Å²) in [6.07, 6.45) is 3.10. The molecule has 0 radical (unpaired) electrons. The molecular weight excluding hydrogens is 393 g/mol. The van der Waals surface area contributed by atoms with E-state index in [1.54, 1.807) is 43.6 Å². The summed E-state index contributed by atoms with van der Waals surface area (Å²) in [5.41, 5.74) is 9.65. The Labute approximate surface area is 171 Å². The molecule has 4 aromatic rings. The van der Waals surface area contributed by atoms with Crippen molar-refractivity contribution in [3.05, 3.63) is 77.7 Å². The van der Waals surface area contributed by atoms with Crippen LogP contribution in [-0.4, -0.2) is 19.9 Å². The van der Waals surface area contributed by atoms with Gasteiger partial charge in [-0.2, -0.15) is 0 Å². The van der Waals surface area contributed by atoms with Crippen LogP contribution in [0.2, 0.25) is 5.28 Å². The second-order valence-electron chi connectivity index (χ2n) is 6.25. The molecular formula is C21H15ClFN5O. The van der Waals surface area contributed by atoms with Gasteiger partial charge in [0, 0.05) is 34.9 Å². The van der Waals surface area contributed by atoms with Gasteiger partial charge >= 0.3 is 6.01 Å². The molecule has 0 atom stereocenters. The van der Waals surface area contributed by atoms with Gasteiger partial charge in [-0.05, 0) is 54.4 Å². The minimum absolute atomic E-state index is 0.0136. The largest absolute Gasteiger partial charge is 0.421 e. The van der Waals surface area contributed by atoms with Crippen LogP contribution in [0.1, 0.15) is 5.69 Å². The van der Waals surface area contributed by atoms with Crippen LogP contribution in [0.3, 0.4) is 0 Å². The zero-order valence-electron chi connectivity index (χ0n) is 15.3. The van der Waals surface area contributed by atoms with Crippen LogP contribution in [0.4, 0.5) is 10.1 Å². The summed E-state index contributed by atoms with van der Waals surface area (Å²) >= 11 is 5.99. The predicted molar refractivity (Wildman–Crippen MR) is 109 cm³/mol. The molecule has 8 heteroatoms. The molecule has 6 nitrogen and oxygen atoms in total. The van der Waals surface area contributed by atoms with E-state index in [2.05, 4.69) is 19.9 Å². The molecule has 4 rings (SSSR count). The van der Waals surface area contributed by atoms with Gasteiger partial charge in [0.2, 0.25) is 5.28 Å². The van der Waals surface area contributed by atoms with Gasteiger partial charge in [0.05, 0.1) is 5.69 Å². The SMILES string of the molecule is Cc1ccnc(Oc2ccc(-c3cnc(Cl)nc3-c3cccc(N)c3)cc2F)n1. The number of hydrogen-bond donors (Lipinski definition) is 1. The highest BCUT2D eigenvalue weighted by Crippen LogP contribution is 2.34. The van der Waals surface area contributed by atoms with E-state index in [4.69, 9.17) is 22.1 Å². The number of aryl methyl sites for hydroxylation is 1. The molecule has 0 saturated carbocycles. The zero-order valence-corrected chi connectivity index (χ0v) is 16.1. The van der Waals surface area contributed by atoms with Crippen molar-refractivity contribution in [3.63, 3.8) is 0 Å². The van der Waals surface area contributed by atoms with Gasteiger partial charge in [-0.25, -0.2) is 24.3 Å². The molecule has 2 N–H and O–H groups in total. The maximum atomic E-state index is 14.7. The number of halogens is 2. The number of nitrogens with two attached hydrogens (primary N) is 1. The van der Waals surface area contributed by atoms with Crippen molar-refractivity contribution in [2.24, 2.45) is 0 Å². The first-order chi connectivity index (χ1) is 14.0. The predicted octanol–water partition coefficient (Wildman–Crippen LogP) is 5.08. The Hall–Kier alpha value is -3.58. The molecule has 2 aromatic heterocycles. The third-order valence-corrected chi connectivity index (χ3v) is 4.32. The van der Waals surface area contributed by atoms with Crippen molar-refractivity contribution >= 4 is 17.3 Å². The van der Waals surface area contributed by atoms with Gasteiger partial charge in [0.25, 0.3) is 0 Å². The fourth-order valence-electron chi connectivity index (χ4n) is 2.80. The number of hydrogen-bond acceptors (Lipinski definition) is 6. The van der Waals surface area contributed by atoms with Crippen LogP contribution in [0.5, 0.6) is 11.8 Å². The third kappa shape index (κ3) is 4.14. The molecule has 0 bridgehead atoms. The fraction of sp³-hybridized carbons (Fsp3) is 0.0476. The molecule has 2 heterocycles. The molecule has 2 aromatic carbocycles. The second kappa shape index (κ2) is 7.81. The molecule has 0 spiro atoms. The molecule has 0 aliphatic carbocycles. The Kier molecular flexibility index (Phi) is 5.05. The van der Waals surface area contributed by atoms with Gasteiger partial charge in [0.15, 0.2) is 11.6 Å². The zero-order chi connectivity index (χ0) is 20.4. The molecule has 144 valence electrons. The van der Waals surface area contributed by atoms with E-state index < -0.39 is 5.82 Å². The molecule has 29 heavy (non-hydrogen) atoms. The lowest BCUT2D eigenvalue weighted by Crippen LogP contribution is -1.97. The number of rotatable bonds is 4. The van der Waals surface area contributed by atoms with E-state index in [1.165, 1.54) is 12.1 Å². The highest BCUT2D eigenvalue weighted by atomic mass is 35.5. The minimum Gasteiger partial charge on any atom is -0.421 e. The lowest BCUT2D eigenvalue weighted by molar-refractivity contribution is 0.410. The van der Waals surface area contributed by atoms with E-state index in [1.807, 2.05) is 12.1 Å². The lowest BCUT2D eigenvalue weighted by atomic mass is 10.0. The number of ether oxygens (including phenoxy) is 1. The van der Waals surface area contributed by atoms with Crippen LogP contribution < -0.4 is 10.5 Å². The van der Waals surface area contributed by atoms with E-state index in [0.717, 1.165) is 11.3 Å². The normalized spacial score (nSPS) is 10.7. The number of anilines is 1. The first kappa shape index (κ1) is 18.8. The summed E-state index contributed by atoms with van der Waals surface area (Å²) in [6.45, 7) is 1.80. The molecule has 0 aliphatic heterocycles. The minimum atomic E-state index is -0.568. The summed E-state index contributed by atoms with van der Waals surface area (Å²) in [4.78, 5) is 16.5. The average molecular weight is 408 g/mol. The summed E-state index contributed by atoms with van der Waals surface area (Å²) in [7, 11) is 0. The molecule has 0 aliphatic rings. The Morgan fingerprint density at radius 2 is 1.86 bits per heavy atom. The number of nitrogens with zero attached hydrogens (tertiary/aromatic N) is 4. The van der Waals surface area contributed by atoms with Gasteiger partial charge < -0.3 is 10.5 Å². The molecule has 0 fully saturated rings. The standard InChI is InChI=1S/C21H15ClFN5O/c1-12-7-8-25-21(27-12)29-18-6-5-13(10-17(18)23)16-11-26-20(22)28-19(16)14-3-2-4-15(24)9-14/h2-11H,24H2,1H3. The number of aromatic nitrogens is 4. The highest BCUT2D eigenvalue weighted by Gasteiger charge is 2.15. The summed E-state index contributed by atoms with van der Waals surface area (Å²) in [5, 5.41) is 0.0863. The molecule has 0 amide bonds. The van der Waals surface area contributed by atoms with Crippen LogP contribution in [0, 0.1) is 12.7 Å². The lowest BCUT2D eigenvalue weighted by Gasteiger charge is -2.11. The van der Waals surface area contributed by atoms with Crippen LogP contribution in [-0.2, 0) is 0 Å². The Bertz CT molecular complexity index is 1200. The molecule has 0 unspecified atom stereocenters. The number of benzene rings is 2. The van der Waals surface area contributed by atoms with E-state index >= 15 is 0 Å². The molecule has 0 saturated heterocycles. The number of nitrogen functional groups attached to an aromatic ring is 1. The monoisotopic (exact) mass is 407 g/mol. The average Bonchev–Trinajstić information content (AvgIpc) is 2.69. The van der Waals surface area contributed by atoms with Crippen molar-refractivity contribution in [2.75, 3.05) is 5.73 Å². The van der Waals surface area contributed by atoms with Gasteiger partial charge in [-0.3, -0.25) is 0 Å². The second-order valence-corrected chi connectivity index (χ2v) is 6.59. The van der Waals surface area contributed by atoms with E-state index in [9.17, 15) is 4.39 Å². The quantitative estimate of drug-likeness (QED) is 0.375. The summed E-state index contributed by atoms with van der Waals surface area (Å²) in [6, 6.07) is 13.6. The third-order valence-electron chi connectivity index (χ3n) is 4.14. The van der Waals surface area contributed by atoms with Crippen molar-refractivity contribution in [1.29, 1.82) is 0 Å². The van der Waals surface area contributed by atoms with Crippen LogP contribution in [0.25, 0.3) is 22.4 Å². The van der Waals surface area contributed by atoms with Crippen LogP contribution in [0.15, 0.2) is 60.9 Å². The summed E-state index contributed by atoms with van der Waals surface area (Å²) in [5.74, 6) is -0.555.